The highest BCUT2D eigenvalue weighted by Gasteiger charge is 2.25. The largest absolute Gasteiger partial charge is 0.384 e. The van der Waals surface area contributed by atoms with Crippen LogP contribution in [0.25, 0.3) is 0 Å². The predicted molar refractivity (Wildman–Crippen MR) is 55.8 cm³/mol. The number of aliphatic hydroxyl groups excluding tert-OH is 2. The lowest BCUT2D eigenvalue weighted by Gasteiger charge is -2.14. The summed E-state index contributed by atoms with van der Waals surface area (Å²) < 4.78 is 0. The molecule has 92 valence electrons. The van der Waals surface area contributed by atoms with E-state index < -0.39 is 23.0 Å². The Morgan fingerprint density at radius 3 is 2.53 bits per heavy atom. The van der Waals surface area contributed by atoms with Gasteiger partial charge in [0.2, 0.25) is 5.91 Å². The van der Waals surface area contributed by atoms with Crippen molar-refractivity contribution in [3.8, 4) is 0 Å². The first kappa shape index (κ1) is 13.0. The normalized spacial score (nSPS) is 14.1. The van der Waals surface area contributed by atoms with Crippen molar-refractivity contribution < 1.29 is 19.9 Å². The smallest absolute Gasteiger partial charge is 0.290 e. The van der Waals surface area contributed by atoms with Crippen molar-refractivity contribution in [1.29, 1.82) is 0 Å². The minimum Gasteiger partial charge on any atom is -0.384 e. The van der Waals surface area contributed by atoms with Gasteiger partial charge in [-0.25, -0.2) is 4.98 Å². The lowest BCUT2D eigenvalue weighted by Crippen LogP contribution is -2.34. The van der Waals surface area contributed by atoms with Crippen molar-refractivity contribution in [2.75, 3.05) is 0 Å². The van der Waals surface area contributed by atoms with Crippen LogP contribution >= 0.6 is 0 Å². The summed E-state index contributed by atoms with van der Waals surface area (Å²) in [7, 11) is 0. The molecule has 1 aromatic heterocycles. The predicted octanol–water partition coefficient (Wildman–Crippen LogP) is -0.822. The van der Waals surface area contributed by atoms with Crippen LogP contribution in [0.4, 0.5) is 5.69 Å². The van der Waals surface area contributed by atoms with Gasteiger partial charge in [0.15, 0.2) is 6.10 Å². The van der Waals surface area contributed by atoms with Gasteiger partial charge in [-0.15, -0.1) is 0 Å². The minimum atomic E-state index is -1.80. The number of rotatable bonds is 4. The average Bonchev–Trinajstić information content (AvgIpc) is 2.26. The number of primary amides is 1. The first-order chi connectivity index (χ1) is 7.84. The molecule has 0 radical (unpaired) electrons. The van der Waals surface area contributed by atoms with E-state index in [4.69, 9.17) is 5.73 Å². The van der Waals surface area contributed by atoms with Crippen molar-refractivity contribution in [2.45, 2.75) is 19.1 Å². The molecule has 0 aliphatic carbocycles. The lowest BCUT2D eigenvalue weighted by molar-refractivity contribution is -0.385. The molecule has 0 spiro atoms. The van der Waals surface area contributed by atoms with Crippen molar-refractivity contribution in [2.24, 2.45) is 5.73 Å². The average molecular weight is 241 g/mol. The summed E-state index contributed by atoms with van der Waals surface area (Å²) in [5, 5.41) is 29.3. The maximum absolute atomic E-state index is 10.7. The molecule has 0 aliphatic heterocycles. The van der Waals surface area contributed by atoms with Crippen LogP contribution in [-0.4, -0.2) is 32.1 Å². The number of hydrogen-bond acceptors (Lipinski definition) is 6. The highest BCUT2D eigenvalue weighted by atomic mass is 16.6. The van der Waals surface area contributed by atoms with Gasteiger partial charge in [0, 0.05) is 6.07 Å². The second kappa shape index (κ2) is 4.85. The third kappa shape index (κ3) is 2.74. The zero-order valence-electron chi connectivity index (χ0n) is 8.90. The Morgan fingerprint density at radius 2 is 2.12 bits per heavy atom. The number of pyridine rings is 1. The van der Waals surface area contributed by atoms with E-state index >= 15 is 0 Å². The molecule has 8 heteroatoms. The number of nitrogens with two attached hydrogens (primary N) is 1. The molecule has 4 N–H and O–H groups in total. The molecular weight excluding hydrogens is 230 g/mol. The van der Waals surface area contributed by atoms with E-state index in [1.165, 1.54) is 6.92 Å². The maximum Gasteiger partial charge on any atom is 0.290 e. The minimum absolute atomic E-state index is 0.0561. The number of aromatic nitrogens is 1. The Bertz CT molecular complexity index is 462. The molecule has 1 amide bonds. The Balaban J connectivity index is 3.05. The van der Waals surface area contributed by atoms with E-state index in [0.717, 1.165) is 12.1 Å². The first-order valence-electron chi connectivity index (χ1n) is 4.62. The van der Waals surface area contributed by atoms with Gasteiger partial charge >= 0.3 is 0 Å². The SMILES string of the molecule is Cc1nc(C(O)C(O)C(N)=O)ccc1[N+](=O)[O-]. The summed E-state index contributed by atoms with van der Waals surface area (Å²) >= 11 is 0. The Labute approximate surface area is 95.9 Å². The molecule has 2 atom stereocenters. The van der Waals surface area contributed by atoms with E-state index in [0.29, 0.717) is 0 Å². The van der Waals surface area contributed by atoms with Crippen LogP contribution in [0, 0.1) is 17.0 Å². The van der Waals surface area contributed by atoms with Crippen molar-refractivity contribution in [3.05, 3.63) is 33.6 Å². The summed E-state index contributed by atoms with van der Waals surface area (Å²) in [6.07, 6.45) is -3.41. The van der Waals surface area contributed by atoms with Gasteiger partial charge in [-0.3, -0.25) is 14.9 Å². The third-order valence-corrected chi connectivity index (χ3v) is 2.17. The standard InChI is InChI=1S/C9H11N3O5/c1-4-6(12(16)17)3-2-5(11-4)7(13)8(14)9(10)15/h2-3,7-8,13-14H,1H3,(H2,10,15). The second-order valence-corrected chi connectivity index (χ2v) is 3.39. The van der Waals surface area contributed by atoms with Gasteiger partial charge in [-0.2, -0.15) is 0 Å². The van der Waals surface area contributed by atoms with Gasteiger partial charge in [0.25, 0.3) is 5.69 Å². The fourth-order valence-electron chi connectivity index (χ4n) is 1.25. The van der Waals surface area contributed by atoms with Crippen molar-refractivity contribution >= 4 is 11.6 Å². The van der Waals surface area contributed by atoms with Crippen LogP contribution in [0.5, 0.6) is 0 Å². The number of aryl methyl sites for hydroxylation is 1. The number of nitrogens with zero attached hydrogens (tertiary/aromatic N) is 2. The van der Waals surface area contributed by atoms with Crippen LogP contribution in [-0.2, 0) is 4.79 Å². The van der Waals surface area contributed by atoms with E-state index in [9.17, 15) is 25.1 Å². The summed E-state index contributed by atoms with van der Waals surface area (Å²) in [5.41, 5.74) is 4.61. The molecule has 1 heterocycles. The monoisotopic (exact) mass is 241 g/mol. The molecule has 17 heavy (non-hydrogen) atoms. The summed E-state index contributed by atoms with van der Waals surface area (Å²) in [4.78, 5) is 24.3. The highest BCUT2D eigenvalue weighted by molar-refractivity contribution is 5.79. The lowest BCUT2D eigenvalue weighted by atomic mass is 10.1. The summed E-state index contributed by atoms with van der Waals surface area (Å²) in [5.74, 6) is -1.10. The van der Waals surface area contributed by atoms with Gasteiger partial charge in [-0.1, -0.05) is 0 Å². The Morgan fingerprint density at radius 1 is 1.53 bits per heavy atom. The van der Waals surface area contributed by atoms with Crippen LogP contribution in [0.3, 0.4) is 0 Å². The fourth-order valence-corrected chi connectivity index (χ4v) is 1.25. The highest BCUT2D eigenvalue weighted by Crippen LogP contribution is 2.20. The summed E-state index contributed by atoms with van der Waals surface area (Å²) in [6, 6.07) is 2.29. The van der Waals surface area contributed by atoms with E-state index in [-0.39, 0.29) is 17.1 Å². The molecule has 0 saturated heterocycles. The quantitative estimate of drug-likeness (QED) is 0.464. The fraction of sp³-hybridized carbons (Fsp3) is 0.333. The van der Waals surface area contributed by atoms with Crippen LogP contribution in [0.15, 0.2) is 12.1 Å². The molecule has 1 aromatic rings. The van der Waals surface area contributed by atoms with E-state index in [2.05, 4.69) is 4.98 Å². The van der Waals surface area contributed by atoms with Crippen molar-refractivity contribution in [3.63, 3.8) is 0 Å². The van der Waals surface area contributed by atoms with E-state index in [1.807, 2.05) is 0 Å². The third-order valence-electron chi connectivity index (χ3n) is 2.17. The molecule has 0 saturated carbocycles. The number of hydrogen-bond donors (Lipinski definition) is 3. The molecule has 0 aromatic carbocycles. The van der Waals surface area contributed by atoms with Crippen LogP contribution in [0.1, 0.15) is 17.5 Å². The Kier molecular flexibility index (Phi) is 3.71. The second-order valence-electron chi connectivity index (χ2n) is 3.39. The number of nitro groups is 1. The van der Waals surface area contributed by atoms with Gasteiger partial charge in [0.05, 0.1) is 10.6 Å². The number of aliphatic hydroxyl groups is 2. The number of carbonyl (C=O) groups is 1. The van der Waals surface area contributed by atoms with E-state index in [1.54, 1.807) is 0 Å². The molecule has 1 rings (SSSR count). The molecular formula is C9H11N3O5. The van der Waals surface area contributed by atoms with Crippen molar-refractivity contribution in [1.82, 2.24) is 4.98 Å². The summed E-state index contributed by atoms with van der Waals surface area (Å²) in [6.45, 7) is 1.38. The van der Waals surface area contributed by atoms with Gasteiger partial charge < -0.3 is 15.9 Å². The van der Waals surface area contributed by atoms with Gasteiger partial charge in [-0.05, 0) is 13.0 Å². The molecule has 8 nitrogen and oxygen atoms in total. The van der Waals surface area contributed by atoms with Crippen LogP contribution < -0.4 is 5.73 Å². The topological polar surface area (TPSA) is 140 Å². The van der Waals surface area contributed by atoms with Crippen LogP contribution in [0.2, 0.25) is 0 Å². The molecule has 2 unspecified atom stereocenters. The number of carbonyl (C=O) groups excluding carboxylic acids is 1. The van der Waals surface area contributed by atoms with Gasteiger partial charge in [0.1, 0.15) is 11.8 Å². The maximum atomic E-state index is 10.7. The first-order valence-corrected chi connectivity index (χ1v) is 4.62. The molecule has 0 aliphatic rings. The molecule has 0 bridgehead atoms. The zero-order valence-corrected chi connectivity index (χ0v) is 8.90. The zero-order chi connectivity index (χ0) is 13.2. The number of amides is 1. The molecule has 0 fully saturated rings. The Hall–Kier alpha value is -2.06.